The molecule has 6 nitrogen and oxygen atoms in total. The zero-order valence-corrected chi connectivity index (χ0v) is 19.6. The summed E-state index contributed by atoms with van der Waals surface area (Å²) in [5.74, 6) is 1.34. The summed E-state index contributed by atoms with van der Waals surface area (Å²) in [6.45, 7) is 7.40. The van der Waals surface area contributed by atoms with Gasteiger partial charge in [0.15, 0.2) is 6.61 Å². The molecule has 1 aliphatic heterocycles. The minimum absolute atomic E-state index is 0.109. The maximum atomic E-state index is 12.4. The molecular formula is C25H31ClN4O2. The Hall–Kier alpha value is -2.57. The van der Waals surface area contributed by atoms with Gasteiger partial charge in [-0.2, -0.15) is 0 Å². The van der Waals surface area contributed by atoms with Crippen molar-refractivity contribution < 1.29 is 9.53 Å². The van der Waals surface area contributed by atoms with E-state index < -0.39 is 0 Å². The molecule has 1 N–H and O–H groups in total. The molecule has 0 aliphatic carbocycles. The van der Waals surface area contributed by atoms with E-state index in [2.05, 4.69) is 28.6 Å². The highest BCUT2D eigenvalue weighted by molar-refractivity contribution is 6.32. The normalized spacial score (nSPS) is 15.1. The van der Waals surface area contributed by atoms with E-state index in [9.17, 15) is 4.79 Å². The lowest BCUT2D eigenvalue weighted by atomic mass is 10.2. The van der Waals surface area contributed by atoms with Crippen molar-refractivity contribution in [2.45, 2.75) is 52.1 Å². The predicted octanol–water partition coefficient (Wildman–Crippen LogP) is 5.66. The van der Waals surface area contributed by atoms with Crippen molar-refractivity contribution >= 4 is 34.2 Å². The van der Waals surface area contributed by atoms with Gasteiger partial charge < -0.3 is 14.6 Å². The number of nitrogens with zero attached hydrogens (tertiary/aromatic N) is 3. The van der Waals surface area contributed by atoms with Crippen molar-refractivity contribution in [2.75, 3.05) is 25.0 Å². The molecule has 1 fully saturated rings. The second kappa shape index (κ2) is 10.4. The van der Waals surface area contributed by atoms with E-state index in [4.69, 9.17) is 21.3 Å². The molecule has 7 heteroatoms. The lowest BCUT2D eigenvalue weighted by Gasteiger charge is -2.21. The Balaban J connectivity index is 1.48. The Morgan fingerprint density at radius 2 is 1.88 bits per heavy atom. The number of imidazole rings is 1. The second-order valence-electron chi connectivity index (χ2n) is 8.65. The molecule has 3 aromatic rings. The molecular weight excluding hydrogens is 424 g/mol. The number of ether oxygens (including phenoxy) is 1. The number of halogens is 1. The third kappa shape index (κ3) is 5.43. The lowest BCUT2D eigenvalue weighted by Crippen LogP contribution is -2.26. The lowest BCUT2D eigenvalue weighted by molar-refractivity contribution is -0.118. The van der Waals surface area contributed by atoms with Gasteiger partial charge in [-0.3, -0.25) is 9.69 Å². The minimum atomic E-state index is -0.239. The Labute approximate surface area is 194 Å². The van der Waals surface area contributed by atoms with Gasteiger partial charge in [0.2, 0.25) is 0 Å². The van der Waals surface area contributed by atoms with Gasteiger partial charge in [0.1, 0.15) is 11.6 Å². The van der Waals surface area contributed by atoms with Gasteiger partial charge in [-0.15, -0.1) is 0 Å². The molecule has 1 aromatic heterocycles. The van der Waals surface area contributed by atoms with Crippen molar-refractivity contribution in [1.29, 1.82) is 0 Å². The van der Waals surface area contributed by atoms with Crippen LogP contribution in [0.4, 0.5) is 5.69 Å². The monoisotopic (exact) mass is 454 g/mol. The summed E-state index contributed by atoms with van der Waals surface area (Å²) < 4.78 is 7.85. The molecule has 4 rings (SSSR count). The number of benzene rings is 2. The van der Waals surface area contributed by atoms with Gasteiger partial charge in [0.05, 0.1) is 22.6 Å². The number of rotatable bonds is 7. The number of carbonyl (C=O) groups is 1. The Bertz CT molecular complexity index is 1070. The fraction of sp³-hybridized carbons (Fsp3) is 0.440. The van der Waals surface area contributed by atoms with E-state index in [1.807, 2.05) is 30.3 Å². The molecule has 2 heterocycles. The average molecular weight is 455 g/mol. The van der Waals surface area contributed by atoms with Crippen LogP contribution in [0.5, 0.6) is 5.75 Å². The molecule has 1 aliphatic rings. The number of anilines is 1. The van der Waals surface area contributed by atoms with Crippen LogP contribution in [0.25, 0.3) is 11.0 Å². The van der Waals surface area contributed by atoms with Gasteiger partial charge in [-0.25, -0.2) is 4.98 Å². The first-order valence-corrected chi connectivity index (χ1v) is 11.8. The number of carbonyl (C=O) groups excluding carboxylic acids is 1. The zero-order chi connectivity index (χ0) is 22.5. The van der Waals surface area contributed by atoms with Crippen LogP contribution in [-0.4, -0.2) is 40.1 Å². The third-order valence-corrected chi connectivity index (χ3v) is 6.13. The number of para-hydroxylation sites is 1. The maximum absolute atomic E-state index is 12.4. The number of fused-ring (bicyclic) bond motifs is 1. The van der Waals surface area contributed by atoms with E-state index in [1.54, 1.807) is 12.1 Å². The summed E-state index contributed by atoms with van der Waals surface area (Å²) in [5, 5.41) is 3.39. The molecule has 0 bridgehead atoms. The van der Waals surface area contributed by atoms with Crippen molar-refractivity contribution in [1.82, 2.24) is 14.5 Å². The van der Waals surface area contributed by atoms with Crippen LogP contribution in [0.3, 0.4) is 0 Å². The van der Waals surface area contributed by atoms with Crippen LogP contribution in [0, 0.1) is 0 Å². The van der Waals surface area contributed by atoms with Crippen LogP contribution in [0.15, 0.2) is 42.5 Å². The summed E-state index contributed by atoms with van der Waals surface area (Å²) in [6, 6.07) is 13.3. The average Bonchev–Trinajstić information content (AvgIpc) is 2.92. The molecule has 0 unspecified atom stereocenters. The van der Waals surface area contributed by atoms with E-state index >= 15 is 0 Å². The largest absolute Gasteiger partial charge is 0.482 e. The van der Waals surface area contributed by atoms with Crippen molar-refractivity contribution in [2.24, 2.45) is 0 Å². The Morgan fingerprint density at radius 1 is 1.12 bits per heavy atom. The van der Waals surface area contributed by atoms with Crippen molar-refractivity contribution in [3.8, 4) is 5.75 Å². The summed E-state index contributed by atoms with van der Waals surface area (Å²) in [4.78, 5) is 19.9. The third-order valence-electron chi connectivity index (χ3n) is 5.82. The molecule has 0 atom stereocenters. The predicted molar refractivity (Wildman–Crippen MR) is 129 cm³/mol. The fourth-order valence-electron chi connectivity index (χ4n) is 4.31. The van der Waals surface area contributed by atoms with Crippen LogP contribution in [0.2, 0.25) is 5.02 Å². The second-order valence-corrected chi connectivity index (χ2v) is 9.06. The summed E-state index contributed by atoms with van der Waals surface area (Å²) >= 11 is 6.08. The maximum Gasteiger partial charge on any atom is 0.262 e. The highest BCUT2D eigenvalue weighted by atomic mass is 35.5. The molecule has 0 saturated carbocycles. The molecule has 1 saturated heterocycles. The molecule has 2 aromatic carbocycles. The number of hydrogen-bond acceptors (Lipinski definition) is 4. The first kappa shape index (κ1) is 22.6. The molecule has 32 heavy (non-hydrogen) atoms. The van der Waals surface area contributed by atoms with Gasteiger partial charge in [0, 0.05) is 11.7 Å². The van der Waals surface area contributed by atoms with Gasteiger partial charge in [-0.1, -0.05) is 36.6 Å². The molecule has 0 spiro atoms. The van der Waals surface area contributed by atoms with Crippen LogP contribution < -0.4 is 10.1 Å². The number of amides is 1. The minimum Gasteiger partial charge on any atom is -0.482 e. The Morgan fingerprint density at radius 3 is 2.59 bits per heavy atom. The first-order valence-electron chi connectivity index (χ1n) is 11.4. The smallest absolute Gasteiger partial charge is 0.262 e. The standard InChI is InChI=1S/C25H31ClN4O2/c1-18(2)30-22-12-11-19(27-25(31)17-32-23-10-6-5-9-20(23)26)15-21(22)28-24(30)16-29-13-7-3-4-8-14-29/h5-6,9-12,15,18H,3-4,7-8,13-14,16-17H2,1-2H3,(H,27,31). The van der Waals surface area contributed by atoms with E-state index in [0.29, 0.717) is 22.5 Å². The quantitative estimate of drug-likeness (QED) is 0.500. The fourth-order valence-corrected chi connectivity index (χ4v) is 4.50. The van der Waals surface area contributed by atoms with Gasteiger partial charge in [0.25, 0.3) is 5.91 Å². The van der Waals surface area contributed by atoms with E-state index in [0.717, 1.165) is 36.5 Å². The van der Waals surface area contributed by atoms with Crippen LogP contribution in [0.1, 0.15) is 51.4 Å². The van der Waals surface area contributed by atoms with Crippen molar-refractivity contribution in [3.05, 3.63) is 53.3 Å². The highest BCUT2D eigenvalue weighted by Crippen LogP contribution is 2.26. The summed E-state index contributed by atoms with van der Waals surface area (Å²) in [7, 11) is 0. The SMILES string of the molecule is CC(C)n1c(CN2CCCCCC2)nc2cc(NC(=O)COc3ccccc3Cl)ccc21. The zero-order valence-electron chi connectivity index (χ0n) is 18.8. The molecule has 170 valence electrons. The highest BCUT2D eigenvalue weighted by Gasteiger charge is 2.18. The van der Waals surface area contributed by atoms with Gasteiger partial charge >= 0.3 is 0 Å². The van der Waals surface area contributed by atoms with E-state index in [-0.39, 0.29) is 12.5 Å². The number of aromatic nitrogens is 2. The Kier molecular flexibility index (Phi) is 7.33. The molecule has 0 radical (unpaired) electrons. The van der Waals surface area contributed by atoms with Gasteiger partial charge in [-0.05, 0) is 70.1 Å². The number of nitrogens with one attached hydrogen (secondary N) is 1. The first-order chi connectivity index (χ1) is 15.5. The summed E-state index contributed by atoms with van der Waals surface area (Å²) in [6.07, 6.45) is 5.16. The topological polar surface area (TPSA) is 59.4 Å². The number of likely N-dealkylation sites (tertiary alicyclic amines) is 1. The molecule has 1 amide bonds. The number of hydrogen-bond donors (Lipinski definition) is 1. The summed E-state index contributed by atoms with van der Waals surface area (Å²) in [5.41, 5.74) is 2.70. The van der Waals surface area contributed by atoms with Crippen LogP contribution in [-0.2, 0) is 11.3 Å². The van der Waals surface area contributed by atoms with Crippen molar-refractivity contribution in [3.63, 3.8) is 0 Å². The van der Waals surface area contributed by atoms with Crippen LogP contribution >= 0.6 is 11.6 Å². The van der Waals surface area contributed by atoms with E-state index in [1.165, 1.54) is 25.7 Å².